The van der Waals surface area contributed by atoms with Crippen LogP contribution < -0.4 is 0 Å². The van der Waals surface area contributed by atoms with E-state index in [2.05, 4.69) is 4.98 Å². The first kappa shape index (κ1) is 8.42. The van der Waals surface area contributed by atoms with Crippen LogP contribution in [-0.4, -0.2) is 10.8 Å². The molecule has 13 heavy (non-hydrogen) atoms. The van der Waals surface area contributed by atoms with Crippen LogP contribution in [0.1, 0.15) is 35.3 Å². The summed E-state index contributed by atoms with van der Waals surface area (Å²) in [6.07, 6.45) is 4.89. The predicted octanol–water partition coefficient (Wildman–Crippen LogP) is 2.37. The molecule has 0 atom stereocenters. The zero-order valence-corrected chi connectivity index (χ0v) is 7.79. The Bertz CT molecular complexity index is 329. The number of carbonyl (C=O) groups is 1. The van der Waals surface area contributed by atoms with E-state index in [1.807, 2.05) is 19.1 Å². The lowest BCUT2D eigenvalue weighted by Gasteiger charge is -2.01. The second kappa shape index (κ2) is 3.29. The van der Waals surface area contributed by atoms with Crippen molar-refractivity contribution in [3.63, 3.8) is 0 Å². The molecular formula is C11H13NO. The van der Waals surface area contributed by atoms with Crippen LogP contribution in [0.2, 0.25) is 0 Å². The summed E-state index contributed by atoms with van der Waals surface area (Å²) in [4.78, 5) is 15.8. The van der Waals surface area contributed by atoms with Gasteiger partial charge in [0.2, 0.25) is 0 Å². The largest absolute Gasteiger partial charge is 0.294 e. The Morgan fingerprint density at radius 3 is 3.00 bits per heavy atom. The molecule has 0 N–H and O–H groups in total. The van der Waals surface area contributed by atoms with Crippen LogP contribution in [0, 0.1) is 12.8 Å². The van der Waals surface area contributed by atoms with Crippen LogP contribution in [0.25, 0.3) is 0 Å². The summed E-state index contributed by atoms with van der Waals surface area (Å²) in [7, 11) is 0. The van der Waals surface area contributed by atoms with Gasteiger partial charge in [0.15, 0.2) is 5.78 Å². The molecule has 0 saturated heterocycles. The summed E-state index contributed by atoms with van der Waals surface area (Å²) < 4.78 is 0. The lowest BCUT2D eigenvalue weighted by molar-refractivity contribution is 0.0975. The van der Waals surface area contributed by atoms with Gasteiger partial charge in [-0.25, -0.2) is 0 Å². The molecule has 1 fully saturated rings. The highest BCUT2D eigenvalue weighted by Crippen LogP contribution is 2.33. The molecular weight excluding hydrogens is 162 g/mol. The minimum atomic E-state index is 0.258. The van der Waals surface area contributed by atoms with Crippen molar-refractivity contribution < 1.29 is 4.79 Å². The van der Waals surface area contributed by atoms with Crippen molar-refractivity contribution in [2.75, 3.05) is 0 Å². The second-order valence-electron chi connectivity index (χ2n) is 3.71. The topological polar surface area (TPSA) is 30.0 Å². The summed E-state index contributed by atoms with van der Waals surface area (Å²) in [5.41, 5.74) is 1.66. The third kappa shape index (κ3) is 1.94. The molecule has 0 radical (unpaired) electrons. The zero-order chi connectivity index (χ0) is 9.26. The molecule has 2 heteroatoms. The maximum atomic E-state index is 11.7. The van der Waals surface area contributed by atoms with Gasteiger partial charge in [-0.3, -0.25) is 9.78 Å². The average Bonchev–Trinajstić information content (AvgIpc) is 2.89. The van der Waals surface area contributed by atoms with Gasteiger partial charge in [0.1, 0.15) is 0 Å². The van der Waals surface area contributed by atoms with Crippen LogP contribution in [0.15, 0.2) is 18.3 Å². The van der Waals surface area contributed by atoms with Gasteiger partial charge in [-0.1, -0.05) is 0 Å². The Hall–Kier alpha value is -1.18. The molecule has 0 aliphatic heterocycles. The molecule has 1 saturated carbocycles. The molecule has 1 aromatic rings. The Kier molecular flexibility index (Phi) is 2.13. The maximum Gasteiger partial charge on any atom is 0.164 e. The van der Waals surface area contributed by atoms with Gasteiger partial charge in [-0.15, -0.1) is 0 Å². The van der Waals surface area contributed by atoms with Crippen molar-refractivity contribution in [3.05, 3.63) is 29.6 Å². The summed E-state index contributed by atoms with van der Waals surface area (Å²) in [5.74, 6) is 0.917. The maximum absolute atomic E-state index is 11.7. The Balaban J connectivity index is 2.13. The lowest BCUT2D eigenvalue weighted by Crippen LogP contribution is -2.03. The number of rotatable bonds is 3. The molecule has 0 spiro atoms. The first-order valence-corrected chi connectivity index (χ1v) is 4.72. The summed E-state index contributed by atoms with van der Waals surface area (Å²) in [6, 6.07) is 3.69. The molecule has 2 nitrogen and oxygen atoms in total. The average molecular weight is 175 g/mol. The summed E-state index contributed by atoms with van der Waals surface area (Å²) in [6.45, 7) is 1.89. The quantitative estimate of drug-likeness (QED) is 0.660. The first-order valence-electron chi connectivity index (χ1n) is 4.72. The highest BCUT2D eigenvalue weighted by Gasteiger charge is 2.25. The molecule has 68 valence electrons. The number of aryl methyl sites for hydroxylation is 1. The molecule has 0 amide bonds. The molecule has 2 rings (SSSR count). The van der Waals surface area contributed by atoms with Crippen LogP contribution in [0.5, 0.6) is 0 Å². The van der Waals surface area contributed by atoms with E-state index in [1.54, 1.807) is 6.20 Å². The van der Waals surface area contributed by atoms with Gasteiger partial charge in [0.05, 0.1) is 0 Å². The molecule has 0 bridgehead atoms. The van der Waals surface area contributed by atoms with Crippen molar-refractivity contribution in [1.29, 1.82) is 0 Å². The van der Waals surface area contributed by atoms with Gasteiger partial charge < -0.3 is 0 Å². The minimum Gasteiger partial charge on any atom is -0.294 e. The third-order valence-electron chi connectivity index (χ3n) is 2.48. The first-order chi connectivity index (χ1) is 6.27. The molecule has 1 heterocycles. The van der Waals surface area contributed by atoms with E-state index in [-0.39, 0.29) is 5.78 Å². The van der Waals surface area contributed by atoms with Crippen molar-refractivity contribution in [1.82, 2.24) is 4.98 Å². The minimum absolute atomic E-state index is 0.258. The monoisotopic (exact) mass is 175 g/mol. The van der Waals surface area contributed by atoms with Crippen LogP contribution in [-0.2, 0) is 0 Å². The van der Waals surface area contributed by atoms with Gasteiger partial charge in [-0.05, 0) is 37.8 Å². The van der Waals surface area contributed by atoms with Gasteiger partial charge in [0.25, 0.3) is 0 Å². The van der Waals surface area contributed by atoms with Crippen molar-refractivity contribution >= 4 is 5.78 Å². The second-order valence-corrected chi connectivity index (χ2v) is 3.71. The number of hydrogen-bond donors (Lipinski definition) is 0. The predicted molar refractivity (Wildman–Crippen MR) is 50.6 cm³/mol. The van der Waals surface area contributed by atoms with Gasteiger partial charge in [-0.2, -0.15) is 0 Å². The summed E-state index contributed by atoms with van der Waals surface area (Å²) in [5, 5.41) is 0. The van der Waals surface area contributed by atoms with Crippen molar-refractivity contribution in [2.24, 2.45) is 5.92 Å². The number of pyridine rings is 1. The number of ketones is 1. The number of Topliss-reactive ketones (excluding diaryl/α,β-unsaturated/α-hetero) is 1. The van der Waals surface area contributed by atoms with E-state index in [9.17, 15) is 4.79 Å². The Morgan fingerprint density at radius 2 is 2.38 bits per heavy atom. The smallest absolute Gasteiger partial charge is 0.164 e. The fourth-order valence-corrected chi connectivity index (χ4v) is 1.47. The van der Waals surface area contributed by atoms with E-state index < -0.39 is 0 Å². The fourth-order valence-electron chi connectivity index (χ4n) is 1.47. The van der Waals surface area contributed by atoms with Crippen LogP contribution in [0.4, 0.5) is 0 Å². The van der Waals surface area contributed by atoms with Crippen LogP contribution >= 0.6 is 0 Å². The zero-order valence-electron chi connectivity index (χ0n) is 7.79. The summed E-state index contributed by atoms with van der Waals surface area (Å²) >= 11 is 0. The SMILES string of the molecule is Cc1ncccc1C(=O)CC1CC1. The highest BCUT2D eigenvalue weighted by atomic mass is 16.1. The Labute approximate surface area is 78.0 Å². The standard InChI is InChI=1S/C11H13NO/c1-8-10(3-2-6-12-8)11(13)7-9-4-5-9/h2-3,6,9H,4-5,7H2,1H3. The molecule has 1 aliphatic rings. The van der Waals surface area contributed by atoms with E-state index >= 15 is 0 Å². The van der Waals surface area contributed by atoms with Crippen LogP contribution in [0.3, 0.4) is 0 Å². The highest BCUT2D eigenvalue weighted by molar-refractivity contribution is 5.97. The fraction of sp³-hybridized carbons (Fsp3) is 0.455. The van der Waals surface area contributed by atoms with E-state index in [4.69, 9.17) is 0 Å². The molecule has 1 aliphatic carbocycles. The lowest BCUT2D eigenvalue weighted by atomic mass is 10.1. The van der Waals surface area contributed by atoms with Crippen molar-refractivity contribution in [3.8, 4) is 0 Å². The number of nitrogens with zero attached hydrogens (tertiary/aromatic N) is 1. The van der Waals surface area contributed by atoms with E-state index in [0.29, 0.717) is 12.3 Å². The van der Waals surface area contributed by atoms with Gasteiger partial charge in [0, 0.05) is 23.9 Å². The number of carbonyl (C=O) groups excluding carboxylic acids is 1. The Morgan fingerprint density at radius 1 is 1.62 bits per heavy atom. The molecule has 1 aromatic heterocycles. The third-order valence-corrected chi connectivity index (χ3v) is 2.48. The van der Waals surface area contributed by atoms with E-state index in [0.717, 1.165) is 11.3 Å². The van der Waals surface area contributed by atoms with Crippen molar-refractivity contribution in [2.45, 2.75) is 26.2 Å². The van der Waals surface area contributed by atoms with Gasteiger partial charge >= 0.3 is 0 Å². The molecule has 0 aromatic carbocycles. The normalized spacial score (nSPS) is 15.8. The molecule has 0 unspecified atom stereocenters. The number of hydrogen-bond acceptors (Lipinski definition) is 2. The van der Waals surface area contributed by atoms with E-state index in [1.165, 1.54) is 12.8 Å². The number of aromatic nitrogens is 1.